The van der Waals surface area contributed by atoms with Crippen LogP contribution < -0.4 is 10.1 Å². The quantitative estimate of drug-likeness (QED) is 0.599. The average molecular weight is 326 g/mol. The maximum Gasteiger partial charge on any atom is 0.260 e. The highest BCUT2D eigenvalue weighted by molar-refractivity contribution is 5.81. The molecule has 0 atom stereocenters. The molecule has 0 unspecified atom stereocenters. The largest absolute Gasteiger partial charge is 0.497 e. The molecule has 2 aromatic carbocycles. The number of ether oxygens (including phenoxy) is 1. The fourth-order valence-corrected chi connectivity index (χ4v) is 2.11. The minimum atomic E-state index is -0.189. The molecule has 0 aliphatic carbocycles. The van der Waals surface area contributed by atoms with Crippen LogP contribution in [-0.2, 0) is 16.1 Å². The zero-order valence-electron chi connectivity index (χ0n) is 14.0. The molecule has 0 saturated heterocycles. The number of hydrogen-bond donors (Lipinski definition) is 1. The Kier molecular flexibility index (Phi) is 6.83. The number of oxime groups is 1. The Morgan fingerprint density at radius 3 is 2.62 bits per heavy atom. The van der Waals surface area contributed by atoms with Crippen molar-refractivity contribution in [2.75, 3.05) is 20.3 Å². The lowest BCUT2D eigenvalue weighted by Crippen LogP contribution is -2.28. The van der Waals surface area contributed by atoms with Crippen molar-refractivity contribution in [2.45, 2.75) is 13.3 Å². The topological polar surface area (TPSA) is 59.9 Å². The minimum absolute atomic E-state index is 0.0923. The second-order valence-corrected chi connectivity index (χ2v) is 5.31. The highest BCUT2D eigenvalue weighted by Gasteiger charge is 2.01. The first-order valence-corrected chi connectivity index (χ1v) is 7.79. The van der Waals surface area contributed by atoms with Crippen LogP contribution in [0.4, 0.5) is 0 Å². The second kappa shape index (κ2) is 9.35. The van der Waals surface area contributed by atoms with E-state index in [1.807, 2.05) is 55.5 Å². The lowest BCUT2D eigenvalue weighted by Gasteiger charge is -2.05. The predicted octanol–water partition coefficient (Wildman–Crippen LogP) is 2.71. The SMILES string of the molecule is COc1ccc(CCNC(=O)CO/N=C\c2ccccc2C)cc1. The Bertz CT molecular complexity index is 681. The van der Waals surface area contributed by atoms with Crippen LogP contribution in [0, 0.1) is 6.92 Å². The maximum atomic E-state index is 11.7. The van der Waals surface area contributed by atoms with E-state index in [1.54, 1.807) is 13.3 Å². The molecule has 24 heavy (non-hydrogen) atoms. The first kappa shape index (κ1) is 17.5. The van der Waals surface area contributed by atoms with Gasteiger partial charge in [-0.3, -0.25) is 4.79 Å². The molecule has 0 radical (unpaired) electrons. The molecule has 2 rings (SSSR count). The van der Waals surface area contributed by atoms with Crippen molar-refractivity contribution in [1.82, 2.24) is 5.32 Å². The molecule has 0 aliphatic rings. The van der Waals surface area contributed by atoms with Gasteiger partial charge in [-0.1, -0.05) is 41.6 Å². The van der Waals surface area contributed by atoms with Crippen molar-refractivity contribution in [2.24, 2.45) is 5.16 Å². The molecule has 0 fully saturated rings. The Labute approximate surface area is 142 Å². The van der Waals surface area contributed by atoms with E-state index in [4.69, 9.17) is 9.57 Å². The van der Waals surface area contributed by atoms with Gasteiger partial charge in [-0.25, -0.2) is 0 Å². The minimum Gasteiger partial charge on any atom is -0.497 e. The highest BCUT2D eigenvalue weighted by Crippen LogP contribution is 2.11. The fraction of sp³-hybridized carbons (Fsp3) is 0.263. The summed E-state index contributed by atoms with van der Waals surface area (Å²) >= 11 is 0. The van der Waals surface area contributed by atoms with Gasteiger partial charge >= 0.3 is 0 Å². The van der Waals surface area contributed by atoms with Gasteiger partial charge in [0.05, 0.1) is 13.3 Å². The lowest BCUT2D eigenvalue weighted by molar-refractivity contribution is -0.125. The van der Waals surface area contributed by atoms with Crippen LogP contribution >= 0.6 is 0 Å². The van der Waals surface area contributed by atoms with Crippen LogP contribution in [0.5, 0.6) is 5.75 Å². The molecule has 0 aliphatic heterocycles. The van der Waals surface area contributed by atoms with Gasteiger partial charge in [-0.15, -0.1) is 0 Å². The van der Waals surface area contributed by atoms with Crippen LogP contribution in [0.25, 0.3) is 0 Å². The smallest absolute Gasteiger partial charge is 0.260 e. The Hall–Kier alpha value is -2.82. The number of carbonyl (C=O) groups is 1. The van der Waals surface area contributed by atoms with Gasteiger partial charge < -0.3 is 14.9 Å². The number of amides is 1. The molecule has 0 saturated carbocycles. The summed E-state index contributed by atoms with van der Waals surface area (Å²) in [5.41, 5.74) is 3.21. The van der Waals surface area contributed by atoms with E-state index in [0.717, 1.165) is 28.9 Å². The van der Waals surface area contributed by atoms with Crippen LogP contribution in [0.15, 0.2) is 53.7 Å². The summed E-state index contributed by atoms with van der Waals surface area (Å²) in [6.07, 6.45) is 2.36. The van der Waals surface area contributed by atoms with Crippen LogP contribution in [0.1, 0.15) is 16.7 Å². The molecule has 0 heterocycles. The van der Waals surface area contributed by atoms with Crippen LogP contribution in [-0.4, -0.2) is 32.4 Å². The van der Waals surface area contributed by atoms with Gasteiger partial charge in [0.1, 0.15) is 5.75 Å². The summed E-state index contributed by atoms with van der Waals surface area (Å²) in [6, 6.07) is 15.6. The molecular weight excluding hydrogens is 304 g/mol. The van der Waals surface area contributed by atoms with Crippen molar-refractivity contribution in [3.8, 4) is 5.75 Å². The number of nitrogens with zero attached hydrogens (tertiary/aromatic N) is 1. The number of rotatable bonds is 8. The van der Waals surface area contributed by atoms with Gasteiger partial charge in [-0.2, -0.15) is 0 Å². The van der Waals surface area contributed by atoms with E-state index in [-0.39, 0.29) is 12.5 Å². The van der Waals surface area contributed by atoms with E-state index >= 15 is 0 Å². The van der Waals surface area contributed by atoms with Gasteiger partial charge in [-0.05, 0) is 42.2 Å². The molecule has 2 aromatic rings. The molecule has 5 nitrogen and oxygen atoms in total. The number of nitrogens with one attached hydrogen (secondary N) is 1. The van der Waals surface area contributed by atoms with Gasteiger partial charge in [0.2, 0.25) is 0 Å². The van der Waals surface area contributed by atoms with Crippen molar-refractivity contribution in [3.63, 3.8) is 0 Å². The molecular formula is C19H22N2O3. The fourth-order valence-electron chi connectivity index (χ4n) is 2.11. The molecule has 0 aromatic heterocycles. The molecule has 1 N–H and O–H groups in total. The highest BCUT2D eigenvalue weighted by atomic mass is 16.6. The Balaban J connectivity index is 1.65. The molecule has 126 valence electrons. The third kappa shape index (κ3) is 5.76. The Morgan fingerprint density at radius 1 is 1.17 bits per heavy atom. The molecule has 0 bridgehead atoms. The first-order chi connectivity index (χ1) is 11.7. The number of hydrogen-bond acceptors (Lipinski definition) is 4. The van der Waals surface area contributed by atoms with Gasteiger partial charge in [0.15, 0.2) is 6.61 Å². The van der Waals surface area contributed by atoms with Crippen molar-refractivity contribution >= 4 is 12.1 Å². The van der Waals surface area contributed by atoms with Crippen molar-refractivity contribution < 1.29 is 14.4 Å². The van der Waals surface area contributed by atoms with E-state index < -0.39 is 0 Å². The van der Waals surface area contributed by atoms with Crippen LogP contribution in [0.3, 0.4) is 0 Å². The van der Waals surface area contributed by atoms with Crippen molar-refractivity contribution in [3.05, 3.63) is 65.2 Å². The van der Waals surface area contributed by atoms with E-state index in [2.05, 4.69) is 10.5 Å². The molecule has 1 amide bonds. The Morgan fingerprint density at radius 2 is 1.92 bits per heavy atom. The van der Waals surface area contributed by atoms with E-state index in [1.165, 1.54) is 0 Å². The number of carbonyl (C=O) groups excluding carboxylic acids is 1. The summed E-state index contributed by atoms with van der Waals surface area (Å²) in [4.78, 5) is 16.7. The zero-order valence-corrected chi connectivity index (χ0v) is 14.0. The monoisotopic (exact) mass is 326 g/mol. The average Bonchev–Trinajstić information content (AvgIpc) is 2.61. The standard InChI is InChI=1S/C19H22N2O3/c1-15-5-3-4-6-17(15)13-21-24-14-19(22)20-12-11-16-7-9-18(23-2)10-8-16/h3-10,13H,11-12,14H2,1-2H3,(H,20,22)/b21-13-. The van der Waals surface area contributed by atoms with E-state index in [0.29, 0.717) is 6.54 Å². The molecule has 5 heteroatoms. The van der Waals surface area contributed by atoms with E-state index in [9.17, 15) is 4.79 Å². The van der Waals surface area contributed by atoms with Gasteiger partial charge in [0, 0.05) is 6.54 Å². The van der Waals surface area contributed by atoms with Gasteiger partial charge in [0.25, 0.3) is 5.91 Å². The zero-order chi connectivity index (χ0) is 17.2. The second-order valence-electron chi connectivity index (χ2n) is 5.31. The maximum absolute atomic E-state index is 11.7. The third-order valence-corrected chi connectivity index (χ3v) is 3.55. The summed E-state index contributed by atoms with van der Waals surface area (Å²) in [7, 11) is 1.64. The third-order valence-electron chi connectivity index (χ3n) is 3.55. The predicted molar refractivity (Wildman–Crippen MR) is 94.4 cm³/mol. The summed E-state index contributed by atoms with van der Waals surface area (Å²) in [5, 5.41) is 6.63. The lowest BCUT2D eigenvalue weighted by atomic mass is 10.1. The normalized spacial score (nSPS) is 10.6. The number of aryl methyl sites for hydroxylation is 1. The number of benzene rings is 2. The summed E-state index contributed by atoms with van der Waals surface area (Å²) in [5.74, 6) is 0.633. The first-order valence-electron chi connectivity index (χ1n) is 7.79. The van der Waals surface area contributed by atoms with Crippen LogP contribution in [0.2, 0.25) is 0 Å². The molecule has 0 spiro atoms. The van der Waals surface area contributed by atoms with Crippen molar-refractivity contribution in [1.29, 1.82) is 0 Å². The summed E-state index contributed by atoms with van der Waals surface area (Å²) in [6.45, 7) is 2.45. The summed E-state index contributed by atoms with van der Waals surface area (Å²) < 4.78 is 5.11. The number of methoxy groups -OCH3 is 1.